The van der Waals surface area contributed by atoms with E-state index in [1.165, 1.54) is 11.1 Å². The summed E-state index contributed by atoms with van der Waals surface area (Å²) in [5, 5.41) is 4.10. The van der Waals surface area contributed by atoms with Crippen molar-refractivity contribution in [1.29, 1.82) is 0 Å². The fourth-order valence-corrected chi connectivity index (χ4v) is 2.15. The van der Waals surface area contributed by atoms with E-state index in [9.17, 15) is 0 Å². The summed E-state index contributed by atoms with van der Waals surface area (Å²) in [7, 11) is 0. The van der Waals surface area contributed by atoms with Crippen molar-refractivity contribution in [2.24, 2.45) is 0 Å². The summed E-state index contributed by atoms with van der Waals surface area (Å²) >= 11 is 0. The smallest absolute Gasteiger partial charge is 0.139 e. The van der Waals surface area contributed by atoms with Gasteiger partial charge in [-0.1, -0.05) is 29.4 Å². The van der Waals surface area contributed by atoms with Crippen LogP contribution in [0.3, 0.4) is 0 Å². The van der Waals surface area contributed by atoms with E-state index >= 15 is 0 Å². The standard InChI is InChI=1S/C13H13NO2/c1-8-5-3-4-6-10(8)13-12-11(7-15-13)9(2)16-14-12/h3-6,13H,7H2,1-2H3. The van der Waals surface area contributed by atoms with Gasteiger partial charge >= 0.3 is 0 Å². The molecule has 1 aliphatic heterocycles. The van der Waals surface area contributed by atoms with Crippen molar-refractivity contribution in [2.45, 2.75) is 26.6 Å². The quantitative estimate of drug-likeness (QED) is 0.733. The van der Waals surface area contributed by atoms with Crippen molar-refractivity contribution in [1.82, 2.24) is 5.16 Å². The van der Waals surface area contributed by atoms with E-state index in [2.05, 4.69) is 24.2 Å². The Hall–Kier alpha value is -1.61. The Morgan fingerprint density at radius 1 is 1.25 bits per heavy atom. The molecule has 16 heavy (non-hydrogen) atoms. The lowest BCUT2D eigenvalue weighted by atomic mass is 10.0. The number of nitrogens with zero attached hydrogens (tertiary/aromatic N) is 1. The van der Waals surface area contributed by atoms with Crippen molar-refractivity contribution in [2.75, 3.05) is 0 Å². The van der Waals surface area contributed by atoms with Crippen LogP contribution < -0.4 is 0 Å². The summed E-state index contributed by atoms with van der Waals surface area (Å²) in [5.74, 6) is 0.867. The van der Waals surface area contributed by atoms with Crippen LogP contribution in [0.25, 0.3) is 0 Å². The Morgan fingerprint density at radius 2 is 2.06 bits per heavy atom. The predicted octanol–water partition coefficient (Wildman–Crippen LogP) is 2.91. The summed E-state index contributed by atoms with van der Waals surface area (Å²) in [6, 6.07) is 8.22. The van der Waals surface area contributed by atoms with Crippen molar-refractivity contribution >= 4 is 0 Å². The maximum Gasteiger partial charge on any atom is 0.139 e. The first-order chi connectivity index (χ1) is 7.77. The third-order valence-electron chi connectivity index (χ3n) is 3.13. The van der Waals surface area contributed by atoms with Gasteiger partial charge in [-0.2, -0.15) is 0 Å². The molecule has 0 aliphatic carbocycles. The first kappa shape index (κ1) is 9.60. The fraction of sp³-hybridized carbons (Fsp3) is 0.308. The molecule has 3 heteroatoms. The largest absolute Gasteiger partial charge is 0.362 e. The highest BCUT2D eigenvalue weighted by molar-refractivity contribution is 5.38. The highest BCUT2D eigenvalue weighted by Gasteiger charge is 2.31. The van der Waals surface area contributed by atoms with Crippen LogP contribution in [0.5, 0.6) is 0 Å². The summed E-state index contributed by atoms with van der Waals surface area (Å²) in [4.78, 5) is 0. The number of hydrogen-bond acceptors (Lipinski definition) is 3. The van der Waals surface area contributed by atoms with Gasteiger partial charge in [-0.05, 0) is 25.0 Å². The number of fused-ring (bicyclic) bond motifs is 1. The minimum absolute atomic E-state index is 0.0614. The molecule has 1 aliphatic rings. The van der Waals surface area contributed by atoms with Gasteiger partial charge in [0.15, 0.2) is 0 Å². The summed E-state index contributed by atoms with van der Waals surface area (Å²) in [6.07, 6.45) is -0.0614. The molecule has 3 rings (SSSR count). The van der Waals surface area contributed by atoms with E-state index in [0.29, 0.717) is 6.61 Å². The minimum atomic E-state index is -0.0614. The lowest BCUT2D eigenvalue weighted by molar-refractivity contribution is 0.0850. The highest BCUT2D eigenvalue weighted by Crippen LogP contribution is 2.37. The molecule has 0 amide bonds. The van der Waals surface area contributed by atoms with Gasteiger partial charge in [-0.25, -0.2) is 0 Å². The van der Waals surface area contributed by atoms with Gasteiger partial charge in [0, 0.05) is 5.56 Å². The number of rotatable bonds is 1. The molecule has 3 nitrogen and oxygen atoms in total. The van der Waals surface area contributed by atoms with Gasteiger partial charge in [0.25, 0.3) is 0 Å². The lowest BCUT2D eigenvalue weighted by Gasteiger charge is -2.11. The minimum Gasteiger partial charge on any atom is -0.362 e. The molecule has 0 saturated carbocycles. The molecule has 0 saturated heterocycles. The van der Waals surface area contributed by atoms with Crippen LogP contribution in [0.2, 0.25) is 0 Å². The Morgan fingerprint density at radius 3 is 2.88 bits per heavy atom. The first-order valence-corrected chi connectivity index (χ1v) is 5.39. The molecule has 2 heterocycles. The number of hydrogen-bond donors (Lipinski definition) is 0. The summed E-state index contributed by atoms with van der Waals surface area (Å²) in [6.45, 7) is 4.61. The van der Waals surface area contributed by atoms with Gasteiger partial charge in [0.05, 0.1) is 6.61 Å². The van der Waals surface area contributed by atoms with Crippen molar-refractivity contribution in [3.05, 3.63) is 52.4 Å². The van der Waals surface area contributed by atoms with Crippen LogP contribution in [-0.2, 0) is 11.3 Å². The topological polar surface area (TPSA) is 35.3 Å². The SMILES string of the molecule is Cc1ccccc1C1OCc2c1noc2C. The molecule has 1 aromatic heterocycles. The average Bonchev–Trinajstić information content (AvgIpc) is 2.83. The number of aryl methyl sites for hydroxylation is 2. The Balaban J connectivity index is 2.08. The molecular weight excluding hydrogens is 202 g/mol. The molecule has 2 aromatic rings. The van der Waals surface area contributed by atoms with Crippen LogP contribution in [0.15, 0.2) is 28.8 Å². The molecular formula is C13H13NO2. The summed E-state index contributed by atoms with van der Waals surface area (Å²) < 4.78 is 11.0. The van der Waals surface area contributed by atoms with Crippen LogP contribution in [0.4, 0.5) is 0 Å². The number of benzene rings is 1. The zero-order valence-electron chi connectivity index (χ0n) is 9.36. The van der Waals surface area contributed by atoms with Crippen LogP contribution in [-0.4, -0.2) is 5.16 Å². The van der Waals surface area contributed by atoms with E-state index in [4.69, 9.17) is 9.26 Å². The third kappa shape index (κ3) is 1.28. The van der Waals surface area contributed by atoms with E-state index in [-0.39, 0.29) is 6.10 Å². The molecule has 0 radical (unpaired) electrons. The average molecular weight is 215 g/mol. The van der Waals surface area contributed by atoms with Gasteiger partial charge in [0.2, 0.25) is 0 Å². The maximum absolute atomic E-state index is 5.79. The lowest BCUT2D eigenvalue weighted by Crippen LogP contribution is -2.01. The van der Waals surface area contributed by atoms with Gasteiger partial charge in [0.1, 0.15) is 17.6 Å². The van der Waals surface area contributed by atoms with E-state index in [1.54, 1.807) is 0 Å². The van der Waals surface area contributed by atoms with Crippen molar-refractivity contribution < 1.29 is 9.26 Å². The van der Waals surface area contributed by atoms with Gasteiger partial charge < -0.3 is 9.26 Å². The fourth-order valence-electron chi connectivity index (χ4n) is 2.15. The van der Waals surface area contributed by atoms with E-state index < -0.39 is 0 Å². The number of ether oxygens (including phenoxy) is 1. The van der Waals surface area contributed by atoms with Crippen molar-refractivity contribution in [3.63, 3.8) is 0 Å². The molecule has 1 aromatic carbocycles. The highest BCUT2D eigenvalue weighted by atomic mass is 16.5. The second-order valence-corrected chi connectivity index (χ2v) is 4.15. The third-order valence-corrected chi connectivity index (χ3v) is 3.13. The van der Waals surface area contributed by atoms with Crippen LogP contribution >= 0.6 is 0 Å². The Labute approximate surface area is 94.0 Å². The van der Waals surface area contributed by atoms with Gasteiger partial charge in [-0.3, -0.25) is 0 Å². The molecule has 0 fully saturated rings. The molecule has 0 bridgehead atoms. The summed E-state index contributed by atoms with van der Waals surface area (Å²) in [5.41, 5.74) is 4.44. The van der Waals surface area contributed by atoms with E-state index in [0.717, 1.165) is 17.0 Å². The normalized spacial score (nSPS) is 18.8. The molecule has 82 valence electrons. The second-order valence-electron chi connectivity index (χ2n) is 4.15. The molecule has 1 atom stereocenters. The van der Waals surface area contributed by atoms with Gasteiger partial charge in [-0.15, -0.1) is 0 Å². The Bertz CT molecular complexity index is 530. The molecule has 0 N–H and O–H groups in total. The molecule has 1 unspecified atom stereocenters. The van der Waals surface area contributed by atoms with Crippen molar-refractivity contribution in [3.8, 4) is 0 Å². The maximum atomic E-state index is 5.79. The zero-order valence-corrected chi connectivity index (χ0v) is 9.36. The first-order valence-electron chi connectivity index (χ1n) is 5.39. The van der Waals surface area contributed by atoms with E-state index in [1.807, 2.05) is 19.1 Å². The second kappa shape index (κ2) is 3.46. The van der Waals surface area contributed by atoms with Crippen LogP contribution in [0, 0.1) is 13.8 Å². The molecule has 0 spiro atoms. The van der Waals surface area contributed by atoms with Crippen LogP contribution in [0.1, 0.15) is 34.2 Å². The Kier molecular flexibility index (Phi) is 2.07. The predicted molar refractivity (Wildman–Crippen MR) is 59.1 cm³/mol. The number of aromatic nitrogens is 1. The monoisotopic (exact) mass is 215 g/mol. The zero-order chi connectivity index (χ0) is 11.1.